The van der Waals surface area contributed by atoms with Crippen molar-refractivity contribution in [3.8, 4) is 0 Å². The lowest BCUT2D eigenvalue weighted by atomic mass is 10.1. The average Bonchev–Trinajstić information content (AvgIpc) is 2.21. The average molecular weight is 275 g/mol. The zero-order chi connectivity index (χ0) is 11.4. The Morgan fingerprint density at radius 3 is 2.80 bits per heavy atom. The Hall–Kier alpha value is -1.23. The second kappa shape index (κ2) is 5.02. The SMILES string of the molecule is CCOC(=O)c1cc(Br)cc(C=O)c1F. The van der Waals surface area contributed by atoms with Crippen LogP contribution in [0.2, 0.25) is 0 Å². The monoisotopic (exact) mass is 274 g/mol. The number of esters is 1. The van der Waals surface area contributed by atoms with Gasteiger partial charge in [-0.15, -0.1) is 0 Å². The van der Waals surface area contributed by atoms with Crippen LogP contribution in [0.4, 0.5) is 4.39 Å². The van der Waals surface area contributed by atoms with Crippen molar-refractivity contribution in [1.82, 2.24) is 0 Å². The van der Waals surface area contributed by atoms with E-state index in [-0.39, 0.29) is 17.7 Å². The molecule has 5 heteroatoms. The summed E-state index contributed by atoms with van der Waals surface area (Å²) in [5.74, 6) is -1.63. The third kappa shape index (κ3) is 2.62. The van der Waals surface area contributed by atoms with Gasteiger partial charge >= 0.3 is 5.97 Å². The fourth-order valence-electron chi connectivity index (χ4n) is 1.05. The summed E-state index contributed by atoms with van der Waals surface area (Å²) in [6.45, 7) is 1.77. The second-order valence-electron chi connectivity index (χ2n) is 2.69. The van der Waals surface area contributed by atoms with Crippen LogP contribution in [0, 0.1) is 5.82 Å². The Labute approximate surface area is 94.4 Å². The highest BCUT2D eigenvalue weighted by Gasteiger charge is 2.17. The van der Waals surface area contributed by atoms with E-state index in [4.69, 9.17) is 0 Å². The molecule has 0 aliphatic rings. The highest BCUT2D eigenvalue weighted by Crippen LogP contribution is 2.20. The first-order valence-electron chi connectivity index (χ1n) is 4.21. The lowest BCUT2D eigenvalue weighted by Gasteiger charge is -2.05. The van der Waals surface area contributed by atoms with Gasteiger partial charge in [-0.05, 0) is 19.1 Å². The Kier molecular flexibility index (Phi) is 3.96. The Morgan fingerprint density at radius 2 is 2.27 bits per heavy atom. The van der Waals surface area contributed by atoms with Gasteiger partial charge in [0.25, 0.3) is 0 Å². The summed E-state index contributed by atoms with van der Waals surface area (Å²) >= 11 is 3.07. The standard InChI is InChI=1S/C10H8BrFO3/c1-2-15-10(14)8-4-7(11)3-6(5-13)9(8)12/h3-5H,2H2,1H3. The topological polar surface area (TPSA) is 43.4 Å². The number of benzene rings is 1. The van der Waals surface area contributed by atoms with Gasteiger partial charge in [-0.25, -0.2) is 9.18 Å². The van der Waals surface area contributed by atoms with Crippen LogP contribution in [-0.4, -0.2) is 18.9 Å². The van der Waals surface area contributed by atoms with Crippen molar-refractivity contribution in [3.63, 3.8) is 0 Å². The van der Waals surface area contributed by atoms with Crippen LogP contribution in [0.5, 0.6) is 0 Å². The molecule has 0 saturated heterocycles. The Morgan fingerprint density at radius 1 is 1.60 bits per heavy atom. The smallest absolute Gasteiger partial charge is 0.341 e. The van der Waals surface area contributed by atoms with Gasteiger partial charge in [0.05, 0.1) is 17.7 Å². The minimum absolute atomic E-state index is 0.154. The number of carbonyl (C=O) groups excluding carboxylic acids is 2. The molecule has 0 aliphatic carbocycles. The number of halogens is 2. The molecule has 0 aliphatic heterocycles. The molecule has 1 aromatic rings. The minimum Gasteiger partial charge on any atom is -0.462 e. The van der Waals surface area contributed by atoms with E-state index in [9.17, 15) is 14.0 Å². The molecule has 15 heavy (non-hydrogen) atoms. The van der Waals surface area contributed by atoms with E-state index in [1.165, 1.54) is 12.1 Å². The lowest BCUT2D eigenvalue weighted by molar-refractivity contribution is 0.0521. The molecule has 0 aromatic heterocycles. The highest BCUT2D eigenvalue weighted by molar-refractivity contribution is 9.10. The molecule has 1 rings (SSSR count). The molecule has 0 N–H and O–H groups in total. The van der Waals surface area contributed by atoms with Crippen LogP contribution in [0.3, 0.4) is 0 Å². The molecular weight excluding hydrogens is 267 g/mol. The van der Waals surface area contributed by atoms with Gasteiger partial charge in [-0.1, -0.05) is 15.9 Å². The maximum absolute atomic E-state index is 13.5. The van der Waals surface area contributed by atoms with E-state index < -0.39 is 11.8 Å². The minimum atomic E-state index is -0.855. The first-order valence-corrected chi connectivity index (χ1v) is 5.00. The van der Waals surface area contributed by atoms with Crippen molar-refractivity contribution in [2.24, 2.45) is 0 Å². The van der Waals surface area contributed by atoms with Crippen LogP contribution >= 0.6 is 15.9 Å². The summed E-state index contributed by atoms with van der Waals surface area (Å²) in [4.78, 5) is 21.8. The molecule has 0 amide bonds. The number of carbonyl (C=O) groups is 2. The molecule has 1 aromatic carbocycles. The number of hydrogen-bond acceptors (Lipinski definition) is 3. The van der Waals surface area contributed by atoms with E-state index in [1.807, 2.05) is 0 Å². The van der Waals surface area contributed by atoms with Crippen molar-refractivity contribution in [3.05, 3.63) is 33.5 Å². The maximum Gasteiger partial charge on any atom is 0.341 e. The lowest BCUT2D eigenvalue weighted by Crippen LogP contribution is -2.09. The summed E-state index contributed by atoms with van der Waals surface area (Å²) in [6, 6.07) is 2.57. The fraction of sp³-hybridized carbons (Fsp3) is 0.200. The van der Waals surface area contributed by atoms with Crippen LogP contribution in [0.15, 0.2) is 16.6 Å². The van der Waals surface area contributed by atoms with Crippen molar-refractivity contribution in [1.29, 1.82) is 0 Å². The van der Waals surface area contributed by atoms with Crippen LogP contribution in [0.1, 0.15) is 27.6 Å². The summed E-state index contributed by atoms with van der Waals surface area (Å²) < 4.78 is 18.6. The van der Waals surface area contributed by atoms with Gasteiger partial charge in [-0.3, -0.25) is 4.79 Å². The predicted octanol–water partition coefficient (Wildman–Crippen LogP) is 2.58. The third-order valence-electron chi connectivity index (χ3n) is 1.69. The van der Waals surface area contributed by atoms with Gasteiger partial charge in [0.2, 0.25) is 0 Å². The van der Waals surface area contributed by atoms with Crippen LogP contribution < -0.4 is 0 Å². The number of rotatable bonds is 3. The maximum atomic E-state index is 13.5. The molecular formula is C10H8BrFO3. The predicted molar refractivity (Wildman–Crippen MR) is 55.4 cm³/mol. The highest BCUT2D eigenvalue weighted by atomic mass is 79.9. The zero-order valence-corrected chi connectivity index (χ0v) is 9.51. The van der Waals surface area contributed by atoms with Crippen molar-refractivity contribution in [2.45, 2.75) is 6.92 Å². The quantitative estimate of drug-likeness (QED) is 0.629. The summed E-state index contributed by atoms with van der Waals surface area (Å²) in [5, 5.41) is 0. The number of ether oxygens (including phenoxy) is 1. The first kappa shape index (κ1) is 11.8. The van der Waals surface area contributed by atoms with Crippen molar-refractivity contribution < 1.29 is 18.7 Å². The molecule has 3 nitrogen and oxygen atoms in total. The molecule has 0 atom stereocenters. The van der Waals surface area contributed by atoms with Gasteiger partial charge < -0.3 is 4.74 Å². The molecule has 0 heterocycles. The molecule has 0 unspecified atom stereocenters. The molecule has 0 bridgehead atoms. The number of aldehydes is 1. The van der Waals surface area contributed by atoms with E-state index >= 15 is 0 Å². The van der Waals surface area contributed by atoms with Crippen LogP contribution in [-0.2, 0) is 4.74 Å². The van der Waals surface area contributed by atoms with Gasteiger partial charge in [0, 0.05) is 4.47 Å². The van der Waals surface area contributed by atoms with Crippen LogP contribution in [0.25, 0.3) is 0 Å². The summed E-state index contributed by atoms with van der Waals surface area (Å²) in [5.41, 5.74) is -0.416. The molecule has 0 saturated carbocycles. The molecule has 80 valence electrons. The summed E-state index contributed by atoms with van der Waals surface area (Å²) in [6.07, 6.45) is 0.350. The fourth-order valence-corrected chi connectivity index (χ4v) is 1.53. The van der Waals surface area contributed by atoms with E-state index in [0.29, 0.717) is 10.8 Å². The molecule has 0 fully saturated rings. The normalized spacial score (nSPS) is 9.80. The first-order chi connectivity index (χ1) is 7.10. The second-order valence-corrected chi connectivity index (χ2v) is 3.61. The van der Waals surface area contributed by atoms with Crippen molar-refractivity contribution in [2.75, 3.05) is 6.61 Å². The third-order valence-corrected chi connectivity index (χ3v) is 2.15. The van der Waals surface area contributed by atoms with Crippen molar-refractivity contribution >= 4 is 28.2 Å². The van der Waals surface area contributed by atoms with Gasteiger partial charge in [0.15, 0.2) is 6.29 Å². The van der Waals surface area contributed by atoms with Gasteiger partial charge in [0.1, 0.15) is 5.82 Å². The summed E-state index contributed by atoms with van der Waals surface area (Å²) in [7, 11) is 0. The Balaban J connectivity index is 3.22. The largest absolute Gasteiger partial charge is 0.462 e. The molecule has 0 spiro atoms. The zero-order valence-electron chi connectivity index (χ0n) is 7.92. The van der Waals surface area contributed by atoms with E-state index in [1.54, 1.807) is 6.92 Å². The van der Waals surface area contributed by atoms with Gasteiger partial charge in [-0.2, -0.15) is 0 Å². The number of hydrogen-bond donors (Lipinski definition) is 0. The molecule has 0 radical (unpaired) electrons. The van der Waals surface area contributed by atoms with E-state index in [2.05, 4.69) is 20.7 Å². The van der Waals surface area contributed by atoms with E-state index in [0.717, 1.165) is 0 Å². The Bertz CT molecular complexity index is 404.